The number of aliphatic hydroxyl groups excluding tert-OH is 1. The third-order valence-corrected chi connectivity index (χ3v) is 3.63. The van der Waals surface area contributed by atoms with E-state index in [0.29, 0.717) is 6.42 Å². The first-order valence-corrected chi connectivity index (χ1v) is 7.63. The molecule has 21 heavy (non-hydrogen) atoms. The van der Waals surface area contributed by atoms with Crippen molar-refractivity contribution in [3.05, 3.63) is 0 Å². The summed E-state index contributed by atoms with van der Waals surface area (Å²) in [6.45, 7) is 2.01. The summed E-state index contributed by atoms with van der Waals surface area (Å²) in [6, 6.07) is 0. The van der Waals surface area contributed by atoms with Gasteiger partial charge in [-0.3, -0.25) is 0 Å². The summed E-state index contributed by atoms with van der Waals surface area (Å²) in [5, 5.41) is 9.18. The van der Waals surface area contributed by atoms with E-state index < -0.39 is 46.4 Å². The monoisotopic (exact) mass is 335 g/mol. The number of aliphatic hydroxyl groups is 1. The minimum atomic E-state index is -5.37. The minimum Gasteiger partial charge on any atom is -0.384 e. The van der Waals surface area contributed by atoms with Gasteiger partial charge in [0.2, 0.25) is 10.0 Å². The third-order valence-electron chi connectivity index (χ3n) is 2.21. The van der Waals surface area contributed by atoms with Gasteiger partial charge in [0.25, 0.3) is 0 Å². The number of carbonyl (C=O) groups excluding carboxylic acids is 2. The molecule has 2 N–H and O–H groups in total. The normalized spacial score (nSPS) is 13.8. The van der Waals surface area contributed by atoms with Gasteiger partial charge in [-0.15, -0.1) is 0 Å². The summed E-state index contributed by atoms with van der Waals surface area (Å²) in [5.74, 6) is -5.30. The van der Waals surface area contributed by atoms with Gasteiger partial charge in [-0.2, -0.15) is 13.2 Å². The summed E-state index contributed by atoms with van der Waals surface area (Å²) in [7, 11) is -3.76. The molecule has 0 spiro atoms. The van der Waals surface area contributed by atoms with Crippen LogP contribution in [0.25, 0.3) is 0 Å². The van der Waals surface area contributed by atoms with Crippen molar-refractivity contribution in [3.8, 4) is 0 Å². The first kappa shape index (κ1) is 19.8. The van der Waals surface area contributed by atoms with E-state index in [-0.39, 0.29) is 6.54 Å². The summed E-state index contributed by atoms with van der Waals surface area (Å²) >= 11 is 0. The van der Waals surface area contributed by atoms with E-state index in [1.165, 1.54) is 0 Å². The van der Waals surface area contributed by atoms with Gasteiger partial charge in [0.15, 0.2) is 6.10 Å². The summed E-state index contributed by atoms with van der Waals surface area (Å²) in [4.78, 5) is 21.3. The fourth-order valence-electron chi connectivity index (χ4n) is 1.08. The molecular weight excluding hydrogens is 319 g/mol. The van der Waals surface area contributed by atoms with Gasteiger partial charge in [0.1, 0.15) is 0 Å². The number of ether oxygens (including phenoxy) is 1. The number of hydrogen-bond donors (Lipinski definition) is 2. The van der Waals surface area contributed by atoms with Crippen molar-refractivity contribution in [2.75, 3.05) is 12.3 Å². The molecule has 0 aliphatic rings. The minimum absolute atomic E-state index is 0.173. The largest absolute Gasteiger partial charge is 0.491 e. The summed E-state index contributed by atoms with van der Waals surface area (Å²) in [6.07, 6.45) is -6.87. The average Bonchev–Trinajstić information content (AvgIpc) is 2.35. The Morgan fingerprint density at radius 2 is 1.90 bits per heavy atom. The summed E-state index contributed by atoms with van der Waals surface area (Å²) in [5.41, 5.74) is 0. The van der Waals surface area contributed by atoms with Crippen molar-refractivity contribution in [3.63, 3.8) is 0 Å². The predicted molar refractivity (Wildman–Crippen MR) is 64.5 cm³/mol. The molecule has 1 unspecified atom stereocenters. The van der Waals surface area contributed by atoms with E-state index in [1.54, 1.807) is 0 Å². The van der Waals surface area contributed by atoms with Crippen LogP contribution in [0.1, 0.15) is 26.2 Å². The van der Waals surface area contributed by atoms with Crippen molar-refractivity contribution >= 4 is 22.0 Å². The van der Waals surface area contributed by atoms with Gasteiger partial charge in [-0.1, -0.05) is 13.3 Å². The Bertz CT molecular complexity index is 462. The molecule has 0 amide bonds. The van der Waals surface area contributed by atoms with E-state index in [1.807, 2.05) is 6.92 Å². The molecular formula is C10H16F3NO6S. The van der Waals surface area contributed by atoms with E-state index in [9.17, 15) is 36.3 Å². The van der Waals surface area contributed by atoms with Crippen LogP contribution in [0, 0.1) is 0 Å². The third kappa shape index (κ3) is 8.63. The van der Waals surface area contributed by atoms with Crippen molar-refractivity contribution < 1.29 is 41.0 Å². The molecule has 124 valence electrons. The number of hydrogen-bond acceptors (Lipinski definition) is 6. The van der Waals surface area contributed by atoms with Crippen LogP contribution >= 0.6 is 0 Å². The molecule has 7 nitrogen and oxygen atoms in total. The Morgan fingerprint density at radius 3 is 2.38 bits per heavy atom. The van der Waals surface area contributed by atoms with Crippen molar-refractivity contribution in [1.82, 2.24) is 4.72 Å². The zero-order valence-electron chi connectivity index (χ0n) is 11.1. The Morgan fingerprint density at radius 1 is 1.33 bits per heavy atom. The van der Waals surface area contributed by atoms with Crippen molar-refractivity contribution in [2.24, 2.45) is 0 Å². The molecule has 0 aliphatic heterocycles. The lowest BCUT2D eigenvalue weighted by Crippen LogP contribution is -2.35. The average molecular weight is 335 g/mol. The highest BCUT2D eigenvalue weighted by Crippen LogP contribution is 2.17. The highest BCUT2D eigenvalue weighted by Gasteiger charge is 2.43. The molecule has 0 bridgehead atoms. The SMILES string of the molecule is CCCCNS(=O)(=O)CCC(O)C(=O)OC(=O)C(F)(F)F. The van der Waals surface area contributed by atoms with E-state index in [4.69, 9.17) is 0 Å². The molecule has 0 radical (unpaired) electrons. The molecule has 0 aromatic carbocycles. The number of carbonyl (C=O) groups is 2. The second kappa shape index (κ2) is 8.29. The van der Waals surface area contributed by atoms with Crippen molar-refractivity contribution in [1.29, 1.82) is 0 Å². The Hall–Kier alpha value is -1.20. The molecule has 11 heteroatoms. The van der Waals surface area contributed by atoms with Gasteiger partial charge < -0.3 is 9.84 Å². The maximum atomic E-state index is 11.8. The number of nitrogens with one attached hydrogen (secondary N) is 1. The highest BCUT2D eigenvalue weighted by atomic mass is 32.2. The number of halogens is 3. The molecule has 0 heterocycles. The second-order valence-electron chi connectivity index (χ2n) is 4.08. The standard InChI is InChI=1S/C10H16F3NO6S/c1-2-3-5-14-21(18,19)6-4-7(15)8(16)20-9(17)10(11,12)13/h7,14-15H,2-6H2,1H3. The molecule has 0 aromatic heterocycles. The number of esters is 2. The quantitative estimate of drug-likeness (QED) is 0.370. The molecule has 0 aliphatic carbocycles. The zero-order valence-corrected chi connectivity index (χ0v) is 12.0. The van der Waals surface area contributed by atoms with Gasteiger partial charge in [-0.25, -0.2) is 22.7 Å². The lowest BCUT2D eigenvalue weighted by Gasteiger charge is -2.11. The topological polar surface area (TPSA) is 110 Å². The van der Waals surface area contributed by atoms with E-state index >= 15 is 0 Å². The maximum absolute atomic E-state index is 11.8. The van der Waals surface area contributed by atoms with Crippen LogP contribution in [-0.2, 0) is 24.3 Å². The smallest absolute Gasteiger partial charge is 0.384 e. The fraction of sp³-hybridized carbons (Fsp3) is 0.800. The summed E-state index contributed by atoms with van der Waals surface area (Å²) < 4.78 is 63.8. The van der Waals surface area contributed by atoms with E-state index in [2.05, 4.69) is 9.46 Å². The fourth-order valence-corrected chi connectivity index (χ4v) is 2.21. The zero-order chi connectivity index (χ0) is 16.7. The molecule has 0 rings (SSSR count). The molecule has 1 atom stereocenters. The first-order valence-electron chi connectivity index (χ1n) is 5.98. The van der Waals surface area contributed by atoms with E-state index in [0.717, 1.165) is 6.42 Å². The van der Waals surface area contributed by atoms with Crippen molar-refractivity contribution in [2.45, 2.75) is 38.5 Å². The number of unbranched alkanes of at least 4 members (excludes halogenated alkanes) is 1. The van der Waals surface area contributed by atoms with Crippen LogP contribution in [0.2, 0.25) is 0 Å². The molecule has 0 aromatic rings. The van der Waals surface area contributed by atoms with Gasteiger partial charge >= 0.3 is 18.1 Å². The Balaban J connectivity index is 4.28. The lowest BCUT2D eigenvalue weighted by atomic mass is 10.3. The molecule has 0 fully saturated rings. The molecule has 0 saturated carbocycles. The van der Waals surface area contributed by atoms with Crippen LogP contribution < -0.4 is 4.72 Å². The van der Waals surface area contributed by atoms with Gasteiger partial charge in [0, 0.05) is 6.54 Å². The number of alkyl halides is 3. The van der Waals surface area contributed by atoms with Gasteiger partial charge in [-0.05, 0) is 12.8 Å². The maximum Gasteiger partial charge on any atom is 0.491 e. The van der Waals surface area contributed by atoms with Gasteiger partial charge in [0.05, 0.1) is 5.75 Å². The van der Waals surface area contributed by atoms with Crippen LogP contribution in [0.3, 0.4) is 0 Å². The first-order chi connectivity index (χ1) is 9.49. The second-order valence-corrected chi connectivity index (χ2v) is 6.00. The van der Waals surface area contributed by atoms with Crippen LogP contribution in [0.15, 0.2) is 0 Å². The highest BCUT2D eigenvalue weighted by molar-refractivity contribution is 7.89. The van der Waals surface area contributed by atoms with Crippen LogP contribution in [-0.4, -0.2) is 50.0 Å². The predicted octanol–water partition coefficient (Wildman–Crippen LogP) is 0.0890. The number of rotatable bonds is 8. The molecule has 0 saturated heterocycles. The van der Waals surface area contributed by atoms with Crippen LogP contribution in [0.5, 0.6) is 0 Å². The Labute approximate surface area is 119 Å². The lowest BCUT2D eigenvalue weighted by molar-refractivity contribution is -0.204. The van der Waals surface area contributed by atoms with Crippen LogP contribution in [0.4, 0.5) is 13.2 Å². The Kier molecular flexibility index (Phi) is 7.82. The number of sulfonamides is 1.